The first-order valence-electron chi connectivity index (χ1n) is 5.83. The molecular formula is C14H19N3. The van der Waals surface area contributed by atoms with Crippen LogP contribution < -0.4 is 5.73 Å². The molecule has 0 aliphatic carbocycles. The van der Waals surface area contributed by atoms with Crippen molar-refractivity contribution < 1.29 is 0 Å². The summed E-state index contributed by atoms with van der Waals surface area (Å²) in [6.45, 7) is 6.36. The second kappa shape index (κ2) is 4.24. The minimum Gasteiger partial charge on any atom is -0.369 e. The van der Waals surface area contributed by atoms with Crippen molar-refractivity contribution in [2.75, 3.05) is 5.73 Å². The summed E-state index contributed by atoms with van der Waals surface area (Å²) in [4.78, 5) is 4.42. The maximum atomic E-state index is 5.81. The number of rotatable bonds is 2. The van der Waals surface area contributed by atoms with Crippen molar-refractivity contribution in [1.82, 2.24) is 9.55 Å². The Kier molecular flexibility index (Phi) is 2.92. The molecule has 2 aromatic rings. The first-order chi connectivity index (χ1) is 8.00. The molecule has 3 nitrogen and oxygen atoms in total. The molecule has 0 aliphatic heterocycles. The van der Waals surface area contributed by atoms with Gasteiger partial charge in [-0.15, -0.1) is 0 Å². The molecule has 0 saturated heterocycles. The minimum atomic E-state index is 0.586. The number of aryl methyl sites for hydroxylation is 1. The SMILES string of the molecule is Cc1cccc(Cc2nc(N)n(C)c2C)c1C. The highest BCUT2D eigenvalue weighted by molar-refractivity contribution is 5.38. The van der Waals surface area contributed by atoms with Gasteiger partial charge in [-0.1, -0.05) is 18.2 Å². The Hall–Kier alpha value is -1.77. The minimum absolute atomic E-state index is 0.586. The van der Waals surface area contributed by atoms with E-state index >= 15 is 0 Å². The third-order valence-electron chi connectivity index (χ3n) is 3.59. The summed E-state index contributed by atoms with van der Waals surface area (Å²) in [5.74, 6) is 0.586. The van der Waals surface area contributed by atoms with E-state index in [1.807, 2.05) is 11.6 Å². The lowest BCUT2D eigenvalue weighted by atomic mass is 9.99. The first-order valence-corrected chi connectivity index (χ1v) is 5.83. The van der Waals surface area contributed by atoms with Gasteiger partial charge in [0.25, 0.3) is 0 Å². The van der Waals surface area contributed by atoms with Crippen molar-refractivity contribution in [2.24, 2.45) is 7.05 Å². The number of benzene rings is 1. The Balaban J connectivity index is 2.38. The van der Waals surface area contributed by atoms with Gasteiger partial charge < -0.3 is 10.3 Å². The van der Waals surface area contributed by atoms with E-state index in [-0.39, 0.29) is 0 Å². The largest absolute Gasteiger partial charge is 0.369 e. The van der Waals surface area contributed by atoms with Crippen molar-refractivity contribution in [3.63, 3.8) is 0 Å². The Labute approximate surface area is 102 Å². The lowest BCUT2D eigenvalue weighted by Gasteiger charge is -2.07. The molecule has 3 heteroatoms. The molecule has 0 atom stereocenters. The van der Waals surface area contributed by atoms with Gasteiger partial charge in [0.1, 0.15) is 0 Å². The number of anilines is 1. The number of hydrogen-bond donors (Lipinski definition) is 1. The van der Waals surface area contributed by atoms with Gasteiger partial charge in [-0.25, -0.2) is 4.98 Å². The molecule has 0 radical (unpaired) electrons. The number of nitrogens with zero attached hydrogens (tertiary/aromatic N) is 2. The van der Waals surface area contributed by atoms with Crippen LogP contribution in [0.5, 0.6) is 0 Å². The summed E-state index contributed by atoms with van der Waals surface area (Å²) in [5, 5.41) is 0. The zero-order valence-corrected chi connectivity index (χ0v) is 10.9. The van der Waals surface area contributed by atoms with E-state index < -0.39 is 0 Å². The van der Waals surface area contributed by atoms with Crippen molar-refractivity contribution >= 4 is 5.95 Å². The van der Waals surface area contributed by atoms with Crippen LogP contribution in [0.4, 0.5) is 5.95 Å². The van der Waals surface area contributed by atoms with Crippen LogP contribution in [0.2, 0.25) is 0 Å². The Morgan fingerprint density at radius 2 is 1.94 bits per heavy atom. The molecule has 0 spiro atoms. The normalized spacial score (nSPS) is 10.8. The lowest BCUT2D eigenvalue weighted by molar-refractivity contribution is 0.881. The first kappa shape index (κ1) is 11.7. The molecular weight excluding hydrogens is 210 g/mol. The van der Waals surface area contributed by atoms with Crippen LogP contribution >= 0.6 is 0 Å². The van der Waals surface area contributed by atoms with Crippen molar-refractivity contribution in [1.29, 1.82) is 0 Å². The zero-order chi connectivity index (χ0) is 12.6. The summed E-state index contributed by atoms with van der Waals surface area (Å²) in [7, 11) is 1.95. The van der Waals surface area contributed by atoms with Crippen LogP contribution in [-0.2, 0) is 13.5 Å². The summed E-state index contributed by atoms with van der Waals surface area (Å²) >= 11 is 0. The van der Waals surface area contributed by atoms with Gasteiger partial charge in [-0.05, 0) is 37.5 Å². The Morgan fingerprint density at radius 3 is 2.53 bits per heavy atom. The van der Waals surface area contributed by atoms with E-state index in [0.717, 1.165) is 17.8 Å². The van der Waals surface area contributed by atoms with Crippen LogP contribution in [0, 0.1) is 20.8 Å². The van der Waals surface area contributed by atoms with Gasteiger partial charge in [0.15, 0.2) is 5.95 Å². The average molecular weight is 229 g/mol. The van der Waals surface area contributed by atoms with Crippen molar-refractivity contribution in [3.05, 3.63) is 46.3 Å². The average Bonchev–Trinajstić information content (AvgIpc) is 2.53. The van der Waals surface area contributed by atoms with Crippen LogP contribution in [0.3, 0.4) is 0 Å². The van der Waals surface area contributed by atoms with Crippen molar-refractivity contribution in [3.8, 4) is 0 Å². The fourth-order valence-corrected chi connectivity index (χ4v) is 2.01. The quantitative estimate of drug-likeness (QED) is 0.860. The smallest absolute Gasteiger partial charge is 0.200 e. The number of aromatic nitrogens is 2. The number of nitrogen functional groups attached to an aromatic ring is 1. The van der Waals surface area contributed by atoms with E-state index in [9.17, 15) is 0 Å². The number of nitrogens with two attached hydrogens (primary N) is 1. The highest BCUT2D eigenvalue weighted by atomic mass is 15.1. The van der Waals surface area contributed by atoms with Crippen LogP contribution in [-0.4, -0.2) is 9.55 Å². The predicted molar refractivity (Wildman–Crippen MR) is 71.1 cm³/mol. The number of imidazole rings is 1. The van der Waals surface area contributed by atoms with E-state index in [4.69, 9.17) is 5.73 Å². The molecule has 0 aliphatic rings. The molecule has 0 amide bonds. The van der Waals surface area contributed by atoms with E-state index in [0.29, 0.717) is 5.95 Å². The van der Waals surface area contributed by atoms with Gasteiger partial charge in [0.05, 0.1) is 5.69 Å². The van der Waals surface area contributed by atoms with E-state index in [2.05, 4.69) is 44.0 Å². The van der Waals surface area contributed by atoms with Crippen molar-refractivity contribution in [2.45, 2.75) is 27.2 Å². The monoisotopic (exact) mass is 229 g/mol. The molecule has 0 fully saturated rings. The van der Waals surface area contributed by atoms with Gasteiger partial charge in [0, 0.05) is 19.2 Å². The molecule has 17 heavy (non-hydrogen) atoms. The van der Waals surface area contributed by atoms with Gasteiger partial charge >= 0.3 is 0 Å². The molecule has 1 aromatic carbocycles. The molecule has 1 heterocycles. The predicted octanol–water partition coefficient (Wildman–Crippen LogP) is 2.52. The summed E-state index contributed by atoms with van der Waals surface area (Å²) in [6.07, 6.45) is 0.852. The van der Waals surface area contributed by atoms with Crippen LogP contribution in [0.15, 0.2) is 18.2 Å². The molecule has 2 N–H and O–H groups in total. The second-order valence-electron chi connectivity index (χ2n) is 4.60. The lowest BCUT2D eigenvalue weighted by Crippen LogP contribution is -1.98. The zero-order valence-electron chi connectivity index (χ0n) is 10.9. The topological polar surface area (TPSA) is 43.8 Å². The van der Waals surface area contributed by atoms with E-state index in [1.165, 1.54) is 16.7 Å². The van der Waals surface area contributed by atoms with Gasteiger partial charge in [-0.3, -0.25) is 0 Å². The van der Waals surface area contributed by atoms with Crippen LogP contribution in [0.1, 0.15) is 28.1 Å². The molecule has 0 unspecified atom stereocenters. The third-order valence-corrected chi connectivity index (χ3v) is 3.59. The van der Waals surface area contributed by atoms with Gasteiger partial charge in [0.2, 0.25) is 0 Å². The van der Waals surface area contributed by atoms with Gasteiger partial charge in [-0.2, -0.15) is 0 Å². The highest BCUT2D eigenvalue weighted by Gasteiger charge is 2.10. The third kappa shape index (κ3) is 2.05. The molecule has 0 saturated carbocycles. The summed E-state index contributed by atoms with van der Waals surface area (Å²) < 4.78 is 1.93. The molecule has 0 bridgehead atoms. The maximum absolute atomic E-state index is 5.81. The fourth-order valence-electron chi connectivity index (χ4n) is 2.01. The maximum Gasteiger partial charge on any atom is 0.200 e. The Bertz CT molecular complexity index is 553. The molecule has 2 rings (SSSR count). The standard InChI is InChI=1S/C14H19N3/c1-9-6-5-7-12(10(9)2)8-13-11(3)17(4)14(15)16-13/h5-7H,8H2,1-4H3,(H2,15,16). The van der Waals surface area contributed by atoms with E-state index in [1.54, 1.807) is 0 Å². The molecule has 90 valence electrons. The second-order valence-corrected chi connectivity index (χ2v) is 4.60. The summed E-state index contributed by atoms with van der Waals surface area (Å²) in [5.41, 5.74) is 12.0. The number of hydrogen-bond acceptors (Lipinski definition) is 2. The Morgan fingerprint density at radius 1 is 1.24 bits per heavy atom. The van der Waals surface area contributed by atoms with Crippen LogP contribution in [0.25, 0.3) is 0 Å². The fraction of sp³-hybridized carbons (Fsp3) is 0.357. The molecule has 1 aromatic heterocycles. The highest BCUT2D eigenvalue weighted by Crippen LogP contribution is 2.19. The summed E-state index contributed by atoms with van der Waals surface area (Å²) in [6, 6.07) is 6.39.